The molecular weight excluding hydrogens is 150 g/mol. The molecule has 0 radical (unpaired) electrons. The van der Waals surface area contributed by atoms with E-state index in [4.69, 9.17) is 11.8 Å². The van der Waals surface area contributed by atoms with Crippen molar-refractivity contribution in [3.05, 3.63) is 0 Å². The van der Waals surface area contributed by atoms with Gasteiger partial charge in [-0.3, -0.25) is 9.21 Å². The molecule has 0 atom stereocenters. The first-order chi connectivity index (χ1) is 4.46. The molecular formula is C7H14ClNO. The van der Waals surface area contributed by atoms with Gasteiger partial charge >= 0.3 is 0 Å². The van der Waals surface area contributed by atoms with Crippen LogP contribution in [0.2, 0.25) is 0 Å². The molecule has 0 saturated carbocycles. The predicted octanol–water partition coefficient (Wildman–Crippen LogP) is 2.03. The Morgan fingerprint density at radius 3 is 1.80 bits per heavy atom. The van der Waals surface area contributed by atoms with Crippen molar-refractivity contribution in [2.75, 3.05) is 0 Å². The minimum atomic E-state index is -0.0170. The molecule has 10 heavy (non-hydrogen) atoms. The van der Waals surface area contributed by atoms with Crippen LogP contribution in [-0.4, -0.2) is 16.4 Å². The highest BCUT2D eigenvalue weighted by atomic mass is 35.5. The number of hydrogen-bond acceptors (Lipinski definition) is 1. The van der Waals surface area contributed by atoms with Gasteiger partial charge in [0.15, 0.2) is 0 Å². The van der Waals surface area contributed by atoms with Crippen molar-refractivity contribution in [3.8, 4) is 0 Å². The van der Waals surface area contributed by atoms with Gasteiger partial charge in [0.1, 0.15) is 0 Å². The number of hydrogen-bond donors (Lipinski definition) is 0. The summed E-state index contributed by atoms with van der Waals surface area (Å²) >= 11 is 5.64. The average Bonchev–Trinajstić information content (AvgIpc) is 1.84. The SMILES string of the molecule is CC(C)C(=O)N(Cl)C(C)C. The van der Waals surface area contributed by atoms with Crippen LogP contribution in [0.15, 0.2) is 0 Å². The number of carbonyl (C=O) groups excluding carboxylic acids is 1. The van der Waals surface area contributed by atoms with Gasteiger partial charge in [0, 0.05) is 23.7 Å². The van der Waals surface area contributed by atoms with Gasteiger partial charge in [0.25, 0.3) is 0 Å². The van der Waals surface area contributed by atoms with Crippen LogP contribution in [0.1, 0.15) is 27.7 Å². The average molecular weight is 164 g/mol. The van der Waals surface area contributed by atoms with E-state index in [0.717, 1.165) is 0 Å². The Hall–Kier alpha value is -0.240. The normalized spacial score (nSPS) is 10.7. The lowest BCUT2D eigenvalue weighted by Gasteiger charge is -2.19. The summed E-state index contributed by atoms with van der Waals surface area (Å²) in [5.41, 5.74) is 0. The smallest absolute Gasteiger partial charge is 0.239 e. The molecule has 1 amide bonds. The van der Waals surface area contributed by atoms with Crippen molar-refractivity contribution in [1.29, 1.82) is 0 Å². The van der Waals surface area contributed by atoms with Crippen LogP contribution in [0, 0.1) is 5.92 Å². The van der Waals surface area contributed by atoms with E-state index >= 15 is 0 Å². The summed E-state index contributed by atoms with van der Waals surface area (Å²) in [6.45, 7) is 7.43. The molecule has 0 heterocycles. The van der Waals surface area contributed by atoms with Gasteiger partial charge in [-0.15, -0.1) is 0 Å². The van der Waals surface area contributed by atoms with E-state index in [1.165, 1.54) is 4.42 Å². The Balaban J connectivity index is 3.95. The third kappa shape index (κ3) is 2.56. The molecule has 0 aliphatic rings. The Morgan fingerprint density at radius 1 is 1.30 bits per heavy atom. The quantitative estimate of drug-likeness (QED) is 0.571. The van der Waals surface area contributed by atoms with E-state index in [2.05, 4.69) is 0 Å². The first-order valence-electron chi connectivity index (χ1n) is 3.45. The van der Waals surface area contributed by atoms with Crippen LogP contribution < -0.4 is 0 Å². The summed E-state index contributed by atoms with van der Waals surface area (Å²) in [7, 11) is 0. The lowest BCUT2D eigenvalue weighted by atomic mass is 10.2. The van der Waals surface area contributed by atoms with Gasteiger partial charge in [-0.25, -0.2) is 0 Å². The molecule has 0 aromatic carbocycles. The second-order valence-corrected chi connectivity index (χ2v) is 3.26. The van der Waals surface area contributed by atoms with Gasteiger partial charge in [-0.1, -0.05) is 13.8 Å². The van der Waals surface area contributed by atoms with Gasteiger partial charge < -0.3 is 0 Å². The molecule has 0 saturated heterocycles. The fraction of sp³-hybridized carbons (Fsp3) is 0.857. The minimum absolute atomic E-state index is 0.0140. The van der Waals surface area contributed by atoms with E-state index in [-0.39, 0.29) is 17.9 Å². The summed E-state index contributed by atoms with van der Waals surface area (Å²) < 4.78 is 1.24. The summed E-state index contributed by atoms with van der Waals surface area (Å²) in [5, 5.41) is 0. The van der Waals surface area contributed by atoms with E-state index in [0.29, 0.717) is 0 Å². The van der Waals surface area contributed by atoms with Gasteiger partial charge in [-0.05, 0) is 13.8 Å². The second-order valence-electron chi connectivity index (χ2n) is 2.90. The van der Waals surface area contributed by atoms with Crippen LogP contribution in [0.4, 0.5) is 0 Å². The Kier molecular flexibility index (Phi) is 3.72. The molecule has 60 valence electrons. The van der Waals surface area contributed by atoms with Crippen molar-refractivity contribution in [1.82, 2.24) is 4.42 Å². The van der Waals surface area contributed by atoms with E-state index in [1.54, 1.807) is 0 Å². The van der Waals surface area contributed by atoms with Crippen LogP contribution in [0.25, 0.3) is 0 Å². The first-order valence-corrected chi connectivity index (χ1v) is 3.79. The number of carbonyl (C=O) groups is 1. The zero-order chi connectivity index (χ0) is 8.31. The van der Waals surface area contributed by atoms with Crippen molar-refractivity contribution in [2.45, 2.75) is 33.7 Å². The molecule has 0 aliphatic carbocycles. The van der Waals surface area contributed by atoms with Gasteiger partial charge in [0.05, 0.1) is 0 Å². The fourth-order valence-electron chi connectivity index (χ4n) is 0.501. The van der Waals surface area contributed by atoms with E-state index in [1.807, 2.05) is 27.7 Å². The first kappa shape index (κ1) is 9.76. The van der Waals surface area contributed by atoms with Crippen molar-refractivity contribution in [3.63, 3.8) is 0 Å². The maximum atomic E-state index is 11.1. The van der Waals surface area contributed by atoms with Crippen LogP contribution in [0.5, 0.6) is 0 Å². The molecule has 3 heteroatoms. The maximum absolute atomic E-state index is 11.1. The molecule has 0 bridgehead atoms. The highest BCUT2D eigenvalue weighted by Gasteiger charge is 2.16. The largest absolute Gasteiger partial charge is 0.273 e. The number of halogens is 1. The van der Waals surface area contributed by atoms with Crippen molar-refractivity contribution >= 4 is 17.7 Å². The number of rotatable bonds is 2. The fourth-order valence-corrected chi connectivity index (χ4v) is 0.696. The van der Waals surface area contributed by atoms with Crippen molar-refractivity contribution < 1.29 is 4.79 Å². The lowest BCUT2D eigenvalue weighted by Crippen LogP contribution is -2.31. The highest BCUT2D eigenvalue weighted by molar-refractivity contribution is 6.21. The van der Waals surface area contributed by atoms with Crippen LogP contribution >= 0.6 is 11.8 Å². The monoisotopic (exact) mass is 163 g/mol. The zero-order valence-corrected chi connectivity index (χ0v) is 7.64. The molecule has 0 aromatic rings. The van der Waals surface area contributed by atoms with Crippen LogP contribution in [0.3, 0.4) is 0 Å². The van der Waals surface area contributed by atoms with E-state index in [9.17, 15) is 4.79 Å². The third-order valence-electron chi connectivity index (χ3n) is 1.16. The minimum Gasteiger partial charge on any atom is -0.273 e. The topological polar surface area (TPSA) is 20.3 Å². The van der Waals surface area contributed by atoms with Gasteiger partial charge in [0.2, 0.25) is 5.91 Å². The molecule has 0 N–H and O–H groups in total. The molecule has 2 nitrogen and oxygen atoms in total. The molecule has 0 rings (SSSR count). The second kappa shape index (κ2) is 3.81. The summed E-state index contributed by atoms with van der Waals surface area (Å²) in [6.07, 6.45) is 0. The Labute approximate surface area is 67.3 Å². The molecule has 0 aliphatic heterocycles. The zero-order valence-electron chi connectivity index (χ0n) is 6.89. The van der Waals surface area contributed by atoms with E-state index < -0.39 is 0 Å². The number of nitrogens with zero attached hydrogens (tertiary/aromatic N) is 1. The predicted molar refractivity (Wildman–Crippen MR) is 42.7 cm³/mol. The Morgan fingerprint density at radius 2 is 1.70 bits per heavy atom. The Bertz CT molecular complexity index is 123. The highest BCUT2D eigenvalue weighted by Crippen LogP contribution is 2.08. The third-order valence-corrected chi connectivity index (χ3v) is 1.71. The molecule has 0 fully saturated rings. The van der Waals surface area contributed by atoms with Crippen molar-refractivity contribution in [2.24, 2.45) is 5.92 Å². The molecule has 0 unspecified atom stereocenters. The molecule has 0 aromatic heterocycles. The lowest BCUT2D eigenvalue weighted by molar-refractivity contribution is -0.130. The summed E-state index contributed by atoms with van der Waals surface area (Å²) in [5.74, 6) is -0.0310. The number of amides is 1. The summed E-state index contributed by atoms with van der Waals surface area (Å²) in [4.78, 5) is 11.1. The van der Waals surface area contributed by atoms with Gasteiger partial charge in [-0.2, -0.15) is 0 Å². The standard InChI is InChI=1S/C7H14ClNO/c1-5(2)7(10)9(8)6(3)4/h5-6H,1-4H3. The maximum Gasteiger partial charge on any atom is 0.239 e. The van der Waals surface area contributed by atoms with Crippen LogP contribution in [-0.2, 0) is 4.79 Å². The molecule has 0 spiro atoms. The summed E-state index contributed by atoms with van der Waals surface area (Å²) in [6, 6.07) is 0.0802.